The number of aliphatic hydroxyl groups is 1. The van der Waals surface area contributed by atoms with E-state index in [0.29, 0.717) is 30.0 Å². The van der Waals surface area contributed by atoms with Crippen molar-refractivity contribution >= 4 is 17.4 Å². The first-order chi connectivity index (χ1) is 8.19. The average Bonchev–Trinajstić information content (AvgIpc) is 2.60. The minimum atomic E-state index is -0.540. The molecule has 17 heavy (non-hydrogen) atoms. The Morgan fingerprint density at radius 1 is 1.35 bits per heavy atom. The second kappa shape index (κ2) is 4.55. The minimum absolute atomic E-state index is 0.0105. The van der Waals surface area contributed by atoms with Crippen molar-refractivity contribution in [2.45, 2.75) is 6.42 Å². The van der Waals surface area contributed by atoms with Crippen molar-refractivity contribution in [2.75, 3.05) is 25.2 Å². The van der Waals surface area contributed by atoms with Crippen molar-refractivity contribution in [2.24, 2.45) is 0 Å². The summed E-state index contributed by atoms with van der Waals surface area (Å²) in [6.45, 7) is 0.337. The number of carbonyl (C=O) groups is 2. The van der Waals surface area contributed by atoms with E-state index in [0.717, 1.165) is 0 Å². The number of nitrogens with zero attached hydrogens (tertiary/aromatic N) is 1. The molecule has 1 heterocycles. The maximum Gasteiger partial charge on any atom is 0.299 e. The second-order valence-electron chi connectivity index (χ2n) is 3.75. The Hall–Kier alpha value is -1.88. The first kappa shape index (κ1) is 11.6. The van der Waals surface area contributed by atoms with Crippen LogP contribution in [0.5, 0.6) is 5.75 Å². The summed E-state index contributed by atoms with van der Waals surface area (Å²) in [5.41, 5.74) is 0.960. The van der Waals surface area contributed by atoms with Crippen LogP contribution in [0.3, 0.4) is 0 Å². The van der Waals surface area contributed by atoms with Gasteiger partial charge in [-0.05, 0) is 24.6 Å². The number of fused-ring (bicyclic) bond motifs is 1. The zero-order valence-corrected chi connectivity index (χ0v) is 9.47. The molecule has 0 fully saturated rings. The normalized spacial score (nSPS) is 14.1. The summed E-state index contributed by atoms with van der Waals surface area (Å²) in [4.78, 5) is 24.8. The molecule has 0 aliphatic carbocycles. The van der Waals surface area contributed by atoms with Gasteiger partial charge in [0.05, 0.1) is 18.4 Å². The molecular formula is C12H13NO4. The Kier molecular flexibility index (Phi) is 3.10. The van der Waals surface area contributed by atoms with E-state index in [4.69, 9.17) is 9.84 Å². The molecule has 1 aliphatic rings. The lowest BCUT2D eigenvalue weighted by molar-refractivity contribution is -0.114. The number of hydrogen-bond donors (Lipinski definition) is 1. The van der Waals surface area contributed by atoms with Gasteiger partial charge in [-0.2, -0.15) is 0 Å². The van der Waals surface area contributed by atoms with Gasteiger partial charge in [-0.15, -0.1) is 0 Å². The number of carbonyl (C=O) groups excluding carboxylic acids is 2. The van der Waals surface area contributed by atoms with Gasteiger partial charge in [0.15, 0.2) is 0 Å². The number of hydrogen-bond acceptors (Lipinski definition) is 4. The molecule has 0 atom stereocenters. The first-order valence-electron chi connectivity index (χ1n) is 5.34. The Labute approximate surface area is 98.6 Å². The van der Waals surface area contributed by atoms with Crippen molar-refractivity contribution in [3.8, 4) is 5.75 Å². The number of rotatable bonds is 4. The van der Waals surface area contributed by atoms with Gasteiger partial charge in [-0.3, -0.25) is 9.59 Å². The quantitative estimate of drug-likeness (QED) is 0.776. The highest BCUT2D eigenvalue weighted by molar-refractivity contribution is 6.52. The summed E-state index contributed by atoms with van der Waals surface area (Å²) >= 11 is 0. The molecule has 2 rings (SSSR count). The number of ketones is 1. The third-order valence-electron chi connectivity index (χ3n) is 2.72. The molecule has 0 spiro atoms. The van der Waals surface area contributed by atoms with E-state index in [-0.39, 0.29) is 6.61 Å². The molecule has 0 saturated carbocycles. The summed E-state index contributed by atoms with van der Waals surface area (Å²) in [5.74, 6) is -0.507. The molecule has 1 amide bonds. The number of Topliss-reactive ketones (excluding diaryl/α,β-unsaturated/α-hetero) is 1. The highest BCUT2D eigenvalue weighted by atomic mass is 16.5. The number of anilines is 1. The van der Waals surface area contributed by atoms with Crippen molar-refractivity contribution in [1.29, 1.82) is 0 Å². The fraction of sp³-hybridized carbons (Fsp3) is 0.333. The summed E-state index contributed by atoms with van der Waals surface area (Å²) in [5, 5.41) is 8.77. The molecule has 0 radical (unpaired) electrons. The predicted molar refractivity (Wildman–Crippen MR) is 61.4 cm³/mol. The average molecular weight is 235 g/mol. The van der Waals surface area contributed by atoms with Gasteiger partial charge in [-0.1, -0.05) is 0 Å². The highest BCUT2D eigenvalue weighted by Gasteiger charge is 2.35. The molecule has 90 valence electrons. The van der Waals surface area contributed by atoms with Gasteiger partial charge in [0.2, 0.25) is 0 Å². The molecule has 5 heteroatoms. The third kappa shape index (κ3) is 1.89. The molecule has 0 unspecified atom stereocenters. The van der Waals surface area contributed by atoms with Gasteiger partial charge in [0.1, 0.15) is 5.75 Å². The lowest BCUT2D eigenvalue weighted by Gasteiger charge is -2.15. The molecule has 1 aromatic carbocycles. The molecule has 0 saturated heterocycles. The fourth-order valence-electron chi connectivity index (χ4n) is 1.86. The lowest BCUT2D eigenvalue weighted by atomic mass is 10.1. The maximum atomic E-state index is 11.7. The molecule has 0 bridgehead atoms. The van der Waals surface area contributed by atoms with Gasteiger partial charge in [0.25, 0.3) is 11.7 Å². The first-order valence-corrected chi connectivity index (χ1v) is 5.34. The fourth-order valence-corrected chi connectivity index (χ4v) is 1.86. The Morgan fingerprint density at radius 2 is 2.12 bits per heavy atom. The van der Waals surface area contributed by atoms with Crippen LogP contribution in [0.2, 0.25) is 0 Å². The molecular weight excluding hydrogens is 222 g/mol. The van der Waals surface area contributed by atoms with Gasteiger partial charge >= 0.3 is 0 Å². The van der Waals surface area contributed by atoms with E-state index in [1.54, 1.807) is 18.2 Å². The minimum Gasteiger partial charge on any atom is -0.497 e. The molecule has 1 aliphatic heterocycles. The lowest BCUT2D eigenvalue weighted by Crippen LogP contribution is -2.31. The van der Waals surface area contributed by atoms with Gasteiger partial charge in [0, 0.05) is 13.2 Å². The standard InChI is InChI=1S/C12H13NO4/c1-17-8-3-4-10-9(7-8)11(15)12(16)13(10)5-2-6-14/h3-4,7,14H,2,5-6H2,1H3. The molecule has 1 aromatic rings. The molecule has 0 aromatic heterocycles. The van der Waals surface area contributed by atoms with Crippen LogP contribution in [0.1, 0.15) is 16.8 Å². The largest absolute Gasteiger partial charge is 0.497 e. The van der Waals surface area contributed by atoms with Crippen molar-refractivity contribution in [1.82, 2.24) is 0 Å². The van der Waals surface area contributed by atoms with Crippen LogP contribution in [0.25, 0.3) is 0 Å². The number of benzene rings is 1. The molecule has 1 N–H and O–H groups in total. The smallest absolute Gasteiger partial charge is 0.299 e. The van der Waals surface area contributed by atoms with E-state index in [9.17, 15) is 9.59 Å². The summed E-state index contributed by atoms with van der Waals surface area (Å²) < 4.78 is 5.02. The van der Waals surface area contributed by atoms with E-state index in [1.807, 2.05) is 0 Å². The monoisotopic (exact) mass is 235 g/mol. The van der Waals surface area contributed by atoms with Crippen LogP contribution in [-0.4, -0.2) is 37.1 Å². The van der Waals surface area contributed by atoms with Crippen LogP contribution in [0.4, 0.5) is 5.69 Å². The number of amides is 1. The van der Waals surface area contributed by atoms with E-state index >= 15 is 0 Å². The van der Waals surface area contributed by atoms with Crippen LogP contribution in [-0.2, 0) is 4.79 Å². The predicted octanol–water partition coefficient (Wildman–Crippen LogP) is 0.607. The topological polar surface area (TPSA) is 66.8 Å². The summed E-state index contributed by atoms with van der Waals surface area (Å²) in [6, 6.07) is 4.96. The van der Waals surface area contributed by atoms with Crippen LogP contribution >= 0.6 is 0 Å². The zero-order chi connectivity index (χ0) is 12.4. The van der Waals surface area contributed by atoms with Crippen molar-refractivity contribution in [3.63, 3.8) is 0 Å². The Morgan fingerprint density at radius 3 is 2.76 bits per heavy atom. The summed E-state index contributed by atoms with van der Waals surface area (Å²) in [6.07, 6.45) is 0.449. The highest BCUT2D eigenvalue weighted by Crippen LogP contribution is 2.31. The Balaban J connectivity index is 2.36. The van der Waals surface area contributed by atoms with Crippen molar-refractivity contribution < 1.29 is 19.4 Å². The summed E-state index contributed by atoms with van der Waals surface area (Å²) in [7, 11) is 1.51. The Bertz CT molecular complexity index is 470. The van der Waals surface area contributed by atoms with E-state index < -0.39 is 11.7 Å². The SMILES string of the molecule is COc1ccc2c(c1)C(=O)C(=O)N2CCCO. The molecule has 5 nitrogen and oxygen atoms in total. The van der Waals surface area contributed by atoms with Crippen molar-refractivity contribution in [3.05, 3.63) is 23.8 Å². The number of methoxy groups -OCH3 is 1. The second-order valence-corrected chi connectivity index (χ2v) is 3.75. The zero-order valence-electron chi connectivity index (χ0n) is 9.47. The third-order valence-corrected chi connectivity index (χ3v) is 2.72. The maximum absolute atomic E-state index is 11.7. The van der Waals surface area contributed by atoms with Gasteiger partial charge in [-0.25, -0.2) is 0 Å². The van der Waals surface area contributed by atoms with Crippen LogP contribution < -0.4 is 9.64 Å². The van der Waals surface area contributed by atoms with E-state index in [2.05, 4.69) is 0 Å². The van der Waals surface area contributed by atoms with Crippen LogP contribution in [0.15, 0.2) is 18.2 Å². The van der Waals surface area contributed by atoms with Crippen LogP contribution in [0, 0.1) is 0 Å². The number of ether oxygens (including phenoxy) is 1. The van der Waals surface area contributed by atoms with Gasteiger partial charge < -0.3 is 14.7 Å². The number of aliphatic hydroxyl groups excluding tert-OH is 1. The van der Waals surface area contributed by atoms with E-state index in [1.165, 1.54) is 12.0 Å².